The van der Waals surface area contributed by atoms with E-state index in [0.717, 1.165) is 25.9 Å². The molecule has 5 heteroatoms. The second kappa shape index (κ2) is 9.16. The molecule has 0 spiro atoms. The van der Waals surface area contributed by atoms with E-state index in [4.69, 9.17) is 5.11 Å². The van der Waals surface area contributed by atoms with Crippen molar-refractivity contribution in [3.8, 4) is 0 Å². The van der Waals surface area contributed by atoms with E-state index in [-0.39, 0.29) is 18.7 Å². The SMILES string of the molecule is C[C@H](CCO)NC(=O)NCCCCN1CCCC1. The van der Waals surface area contributed by atoms with E-state index in [9.17, 15) is 4.79 Å². The number of hydrogen-bond donors (Lipinski definition) is 3. The van der Waals surface area contributed by atoms with Crippen LogP contribution in [0.1, 0.15) is 39.0 Å². The molecule has 0 saturated carbocycles. The van der Waals surface area contributed by atoms with Crippen LogP contribution in [0, 0.1) is 0 Å². The van der Waals surface area contributed by atoms with E-state index in [1.165, 1.54) is 25.9 Å². The molecule has 0 radical (unpaired) electrons. The zero-order valence-corrected chi connectivity index (χ0v) is 11.5. The van der Waals surface area contributed by atoms with E-state index < -0.39 is 0 Å². The molecule has 1 aliphatic heterocycles. The Morgan fingerprint density at radius 3 is 2.72 bits per heavy atom. The number of hydrogen-bond acceptors (Lipinski definition) is 3. The molecular formula is C13H27N3O2. The fraction of sp³-hybridized carbons (Fsp3) is 0.923. The predicted octanol–water partition coefficient (Wildman–Crippen LogP) is 0.932. The largest absolute Gasteiger partial charge is 0.396 e. The maximum atomic E-state index is 11.4. The molecule has 106 valence electrons. The van der Waals surface area contributed by atoms with Gasteiger partial charge in [-0.25, -0.2) is 4.79 Å². The van der Waals surface area contributed by atoms with Crippen LogP contribution in [0.15, 0.2) is 0 Å². The summed E-state index contributed by atoms with van der Waals surface area (Å²) in [5.41, 5.74) is 0. The van der Waals surface area contributed by atoms with Crippen LogP contribution >= 0.6 is 0 Å². The van der Waals surface area contributed by atoms with Crippen LogP contribution in [0.2, 0.25) is 0 Å². The molecule has 1 aliphatic rings. The summed E-state index contributed by atoms with van der Waals surface area (Å²) in [6, 6.07) is -0.100. The average molecular weight is 257 g/mol. The van der Waals surface area contributed by atoms with Crippen molar-refractivity contribution in [2.45, 2.75) is 45.1 Å². The first-order valence-electron chi connectivity index (χ1n) is 7.10. The number of carbonyl (C=O) groups excluding carboxylic acids is 1. The highest BCUT2D eigenvalue weighted by Crippen LogP contribution is 2.07. The molecule has 0 unspecified atom stereocenters. The number of likely N-dealkylation sites (tertiary alicyclic amines) is 1. The van der Waals surface area contributed by atoms with Crippen LogP contribution in [0.5, 0.6) is 0 Å². The summed E-state index contributed by atoms with van der Waals surface area (Å²) >= 11 is 0. The van der Waals surface area contributed by atoms with Crippen molar-refractivity contribution in [2.24, 2.45) is 0 Å². The second-order valence-corrected chi connectivity index (χ2v) is 5.07. The van der Waals surface area contributed by atoms with Gasteiger partial charge in [0.15, 0.2) is 0 Å². The summed E-state index contributed by atoms with van der Waals surface area (Å²) in [4.78, 5) is 13.9. The Morgan fingerprint density at radius 1 is 1.33 bits per heavy atom. The lowest BCUT2D eigenvalue weighted by atomic mass is 10.2. The predicted molar refractivity (Wildman–Crippen MR) is 72.6 cm³/mol. The van der Waals surface area contributed by atoms with Gasteiger partial charge in [0, 0.05) is 19.2 Å². The van der Waals surface area contributed by atoms with Crippen molar-refractivity contribution in [1.82, 2.24) is 15.5 Å². The van der Waals surface area contributed by atoms with E-state index in [2.05, 4.69) is 15.5 Å². The lowest BCUT2D eigenvalue weighted by Gasteiger charge is -2.15. The minimum atomic E-state index is -0.128. The molecule has 1 fully saturated rings. The highest BCUT2D eigenvalue weighted by molar-refractivity contribution is 5.74. The number of nitrogens with zero attached hydrogens (tertiary/aromatic N) is 1. The summed E-state index contributed by atoms with van der Waals surface area (Å²) in [6.45, 7) is 6.37. The van der Waals surface area contributed by atoms with Crippen LogP contribution in [-0.2, 0) is 0 Å². The van der Waals surface area contributed by atoms with Crippen molar-refractivity contribution in [3.63, 3.8) is 0 Å². The number of unbranched alkanes of at least 4 members (excludes halogenated alkanes) is 1. The number of rotatable bonds is 8. The standard InChI is InChI=1S/C13H27N3O2/c1-12(6-11-17)15-13(18)14-7-2-3-8-16-9-4-5-10-16/h12,17H,2-11H2,1H3,(H2,14,15,18)/t12-/m1/s1. The normalized spacial score (nSPS) is 17.7. The maximum absolute atomic E-state index is 11.4. The van der Waals surface area contributed by atoms with Gasteiger partial charge < -0.3 is 20.6 Å². The van der Waals surface area contributed by atoms with Crippen LogP contribution in [0.3, 0.4) is 0 Å². The molecule has 0 aromatic heterocycles. The molecule has 0 aromatic carbocycles. The van der Waals surface area contributed by atoms with Gasteiger partial charge in [-0.2, -0.15) is 0 Å². The third kappa shape index (κ3) is 6.81. The molecule has 1 rings (SSSR count). The van der Waals surface area contributed by atoms with Crippen LogP contribution in [0.4, 0.5) is 4.79 Å². The minimum absolute atomic E-state index is 0.0274. The van der Waals surface area contributed by atoms with Crippen molar-refractivity contribution in [2.75, 3.05) is 32.8 Å². The third-order valence-corrected chi connectivity index (χ3v) is 3.32. The Morgan fingerprint density at radius 2 is 2.06 bits per heavy atom. The first-order valence-corrected chi connectivity index (χ1v) is 7.10. The molecule has 18 heavy (non-hydrogen) atoms. The van der Waals surface area contributed by atoms with E-state index >= 15 is 0 Å². The highest BCUT2D eigenvalue weighted by atomic mass is 16.3. The fourth-order valence-electron chi connectivity index (χ4n) is 2.21. The quantitative estimate of drug-likeness (QED) is 0.567. The minimum Gasteiger partial charge on any atom is -0.396 e. The van der Waals surface area contributed by atoms with Gasteiger partial charge in [0.1, 0.15) is 0 Å². The Hall–Kier alpha value is -0.810. The summed E-state index contributed by atoms with van der Waals surface area (Å²) in [6.07, 6.45) is 5.44. The van der Waals surface area contributed by atoms with Crippen LogP contribution < -0.4 is 10.6 Å². The number of amides is 2. The lowest BCUT2D eigenvalue weighted by Crippen LogP contribution is -2.41. The van der Waals surface area contributed by atoms with Crippen molar-refractivity contribution in [3.05, 3.63) is 0 Å². The molecule has 1 saturated heterocycles. The smallest absolute Gasteiger partial charge is 0.314 e. The molecular weight excluding hydrogens is 230 g/mol. The van der Waals surface area contributed by atoms with Crippen molar-refractivity contribution < 1.29 is 9.90 Å². The fourth-order valence-corrected chi connectivity index (χ4v) is 2.21. The lowest BCUT2D eigenvalue weighted by molar-refractivity contribution is 0.230. The van der Waals surface area contributed by atoms with Gasteiger partial charge in [0.25, 0.3) is 0 Å². The monoisotopic (exact) mass is 257 g/mol. The van der Waals surface area contributed by atoms with Gasteiger partial charge >= 0.3 is 6.03 Å². The van der Waals surface area contributed by atoms with Gasteiger partial charge in [-0.3, -0.25) is 0 Å². The second-order valence-electron chi connectivity index (χ2n) is 5.07. The van der Waals surface area contributed by atoms with Crippen LogP contribution in [-0.4, -0.2) is 54.9 Å². The molecule has 2 amide bonds. The van der Waals surface area contributed by atoms with E-state index in [1.54, 1.807) is 0 Å². The number of urea groups is 1. The average Bonchev–Trinajstić information content (AvgIpc) is 2.81. The molecule has 0 aliphatic carbocycles. The van der Waals surface area contributed by atoms with Crippen LogP contribution in [0.25, 0.3) is 0 Å². The Balaban J connectivity index is 1.91. The zero-order chi connectivity index (χ0) is 13.2. The topological polar surface area (TPSA) is 64.6 Å². The summed E-state index contributed by atoms with van der Waals surface area (Å²) in [7, 11) is 0. The van der Waals surface area contributed by atoms with E-state index in [0.29, 0.717) is 6.42 Å². The zero-order valence-electron chi connectivity index (χ0n) is 11.5. The molecule has 1 heterocycles. The Kier molecular flexibility index (Phi) is 7.76. The van der Waals surface area contributed by atoms with E-state index in [1.807, 2.05) is 6.92 Å². The number of carbonyl (C=O) groups is 1. The first-order chi connectivity index (χ1) is 8.72. The number of nitrogens with one attached hydrogen (secondary N) is 2. The van der Waals surface area contributed by atoms with Gasteiger partial charge in [0.2, 0.25) is 0 Å². The van der Waals surface area contributed by atoms with Gasteiger partial charge in [-0.15, -0.1) is 0 Å². The molecule has 1 atom stereocenters. The van der Waals surface area contributed by atoms with Crippen molar-refractivity contribution in [1.29, 1.82) is 0 Å². The molecule has 0 bridgehead atoms. The van der Waals surface area contributed by atoms with Crippen molar-refractivity contribution >= 4 is 6.03 Å². The number of aliphatic hydroxyl groups excluding tert-OH is 1. The molecule has 0 aromatic rings. The Labute approximate surface area is 110 Å². The molecule has 5 nitrogen and oxygen atoms in total. The highest BCUT2D eigenvalue weighted by Gasteiger charge is 2.10. The van der Waals surface area contributed by atoms with Gasteiger partial charge in [0.05, 0.1) is 0 Å². The number of aliphatic hydroxyl groups is 1. The van der Waals surface area contributed by atoms with Gasteiger partial charge in [-0.05, 0) is 58.7 Å². The maximum Gasteiger partial charge on any atom is 0.314 e. The third-order valence-electron chi connectivity index (χ3n) is 3.32. The summed E-state index contributed by atoms with van der Waals surface area (Å²) in [5.74, 6) is 0. The first kappa shape index (κ1) is 15.2. The Bertz CT molecular complexity index is 230. The van der Waals surface area contributed by atoms with Gasteiger partial charge in [-0.1, -0.05) is 0 Å². The summed E-state index contributed by atoms with van der Waals surface area (Å²) in [5, 5.41) is 14.4. The summed E-state index contributed by atoms with van der Waals surface area (Å²) < 4.78 is 0. The molecule has 3 N–H and O–H groups in total.